The molecule has 0 bridgehead atoms. The van der Waals surface area contributed by atoms with Gasteiger partial charge in [-0.25, -0.2) is 13.6 Å². The van der Waals surface area contributed by atoms with Gasteiger partial charge in [-0.05, 0) is 54.1 Å². The van der Waals surface area contributed by atoms with Gasteiger partial charge in [-0.1, -0.05) is 30.3 Å². The van der Waals surface area contributed by atoms with Crippen LogP contribution in [0.5, 0.6) is 5.75 Å². The minimum absolute atomic E-state index is 0.00532. The molecule has 0 aliphatic heterocycles. The van der Waals surface area contributed by atoms with Gasteiger partial charge in [-0.3, -0.25) is 9.59 Å². The van der Waals surface area contributed by atoms with Crippen molar-refractivity contribution in [2.75, 3.05) is 23.4 Å². The molecule has 0 radical (unpaired) electrons. The average Bonchev–Trinajstić information content (AvgIpc) is 2.78. The Labute approximate surface area is 196 Å². The molecule has 0 aliphatic rings. The number of ether oxygens (including phenoxy) is 2. The largest absolute Gasteiger partial charge is 0.493 e. The maximum Gasteiger partial charge on any atom is 0.316 e. The van der Waals surface area contributed by atoms with Crippen molar-refractivity contribution in [1.29, 1.82) is 0 Å². The fourth-order valence-corrected chi connectivity index (χ4v) is 3.99. The molecule has 174 valence electrons. The van der Waals surface area contributed by atoms with Crippen LogP contribution in [0.4, 0.5) is 5.69 Å². The number of anilines is 1. The SMILES string of the molecule is C[C@@H](OC(=O)CSCCOc1ccc(S(N)(=O)=O)cc1)C(=O)Nc1ccc2ccccc2c1. The van der Waals surface area contributed by atoms with Crippen molar-refractivity contribution in [2.24, 2.45) is 5.14 Å². The molecule has 1 amide bonds. The molecule has 10 heteroatoms. The summed E-state index contributed by atoms with van der Waals surface area (Å²) in [5.41, 5.74) is 0.630. The number of thioether (sulfide) groups is 1. The van der Waals surface area contributed by atoms with E-state index >= 15 is 0 Å². The van der Waals surface area contributed by atoms with Gasteiger partial charge in [-0.2, -0.15) is 0 Å². The lowest BCUT2D eigenvalue weighted by Crippen LogP contribution is -2.30. The van der Waals surface area contributed by atoms with E-state index in [1.54, 1.807) is 6.07 Å². The minimum atomic E-state index is -3.74. The van der Waals surface area contributed by atoms with Gasteiger partial charge < -0.3 is 14.8 Å². The molecule has 3 aromatic rings. The number of hydrogen-bond donors (Lipinski definition) is 2. The predicted molar refractivity (Wildman–Crippen MR) is 129 cm³/mol. The fraction of sp³-hybridized carbons (Fsp3) is 0.217. The molecule has 1 atom stereocenters. The second kappa shape index (κ2) is 11.2. The second-order valence-corrected chi connectivity index (χ2v) is 9.77. The van der Waals surface area contributed by atoms with Crippen LogP contribution in [0.2, 0.25) is 0 Å². The number of esters is 1. The van der Waals surface area contributed by atoms with Gasteiger partial charge in [0.2, 0.25) is 10.0 Å². The Bertz CT molecular complexity index is 1230. The zero-order chi connectivity index (χ0) is 23.8. The van der Waals surface area contributed by atoms with E-state index in [4.69, 9.17) is 14.6 Å². The van der Waals surface area contributed by atoms with E-state index in [2.05, 4.69) is 5.32 Å². The Morgan fingerprint density at radius 3 is 2.42 bits per heavy atom. The first-order valence-corrected chi connectivity index (χ1v) is 12.7. The van der Waals surface area contributed by atoms with Crippen LogP contribution in [0.15, 0.2) is 71.6 Å². The van der Waals surface area contributed by atoms with Gasteiger partial charge in [-0.15, -0.1) is 11.8 Å². The van der Waals surface area contributed by atoms with Gasteiger partial charge in [0.15, 0.2) is 6.10 Å². The molecule has 8 nitrogen and oxygen atoms in total. The number of primary sulfonamides is 1. The van der Waals surface area contributed by atoms with Crippen LogP contribution in [-0.2, 0) is 24.3 Å². The van der Waals surface area contributed by atoms with Gasteiger partial charge >= 0.3 is 5.97 Å². The number of amides is 1. The number of nitrogens with two attached hydrogens (primary N) is 1. The van der Waals surface area contributed by atoms with E-state index in [9.17, 15) is 18.0 Å². The predicted octanol–water partition coefficient (Wildman–Crippen LogP) is 3.17. The first-order chi connectivity index (χ1) is 15.7. The maximum atomic E-state index is 12.3. The van der Waals surface area contributed by atoms with Crippen LogP contribution in [-0.4, -0.2) is 44.5 Å². The van der Waals surface area contributed by atoms with E-state index in [0.29, 0.717) is 23.8 Å². The Morgan fingerprint density at radius 2 is 1.73 bits per heavy atom. The summed E-state index contributed by atoms with van der Waals surface area (Å²) in [6.45, 7) is 1.83. The minimum Gasteiger partial charge on any atom is -0.493 e. The Balaban J connectivity index is 1.36. The standard InChI is InChI=1S/C23H24N2O6S2/c1-16(23(27)25-19-7-6-17-4-2-3-5-18(17)14-19)31-22(26)15-32-13-12-30-20-8-10-21(11-9-20)33(24,28)29/h2-11,14,16H,12-13,15H2,1H3,(H,25,27)(H2,24,28,29)/t16-/m1/s1. The number of nitrogens with one attached hydrogen (secondary N) is 1. The highest BCUT2D eigenvalue weighted by Crippen LogP contribution is 2.19. The zero-order valence-electron chi connectivity index (χ0n) is 17.9. The summed E-state index contributed by atoms with van der Waals surface area (Å²) in [6, 6.07) is 19.1. The van der Waals surface area contributed by atoms with Gasteiger partial charge in [0.05, 0.1) is 17.3 Å². The molecule has 0 saturated heterocycles. The van der Waals surface area contributed by atoms with Crippen molar-refractivity contribution < 1.29 is 27.5 Å². The molecule has 0 heterocycles. The van der Waals surface area contributed by atoms with Crippen LogP contribution in [0.1, 0.15) is 6.92 Å². The van der Waals surface area contributed by atoms with Crippen LogP contribution in [0, 0.1) is 0 Å². The lowest BCUT2D eigenvalue weighted by atomic mass is 10.1. The van der Waals surface area contributed by atoms with Gasteiger partial charge in [0.25, 0.3) is 5.91 Å². The summed E-state index contributed by atoms with van der Waals surface area (Å²) in [7, 11) is -3.74. The molecule has 0 spiro atoms. The normalized spacial score (nSPS) is 12.2. The Kier molecular flexibility index (Phi) is 8.32. The number of carbonyl (C=O) groups is 2. The smallest absolute Gasteiger partial charge is 0.316 e. The van der Waals surface area contributed by atoms with Crippen molar-refractivity contribution in [3.63, 3.8) is 0 Å². The number of fused-ring (bicyclic) bond motifs is 1. The summed E-state index contributed by atoms with van der Waals surface area (Å²) < 4.78 is 33.2. The van der Waals surface area contributed by atoms with Crippen molar-refractivity contribution in [3.05, 3.63) is 66.7 Å². The monoisotopic (exact) mass is 488 g/mol. The van der Waals surface area contributed by atoms with Crippen LogP contribution >= 0.6 is 11.8 Å². The second-order valence-electron chi connectivity index (χ2n) is 7.10. The molecular formula is C23H24N2O6S2. The summed E-state index contributed by atoms with van der Waals surface area (Å²) in [5, 5.41) is 9.87. The number of sulfonamides is 1. The molecule has 0 unspecified atom stereocenters. The third-order valence-electron chi connectivity index (χ3n) is 4.56. The lowest BCUT2D eigenvalue weighted by Gasteiger charge is -2.14. The summed E-state index contributed by atoms with van der Waals surface area (Å²) >= 11 is 1.30. The molecule has 3 N–H and O–H groups in total. The molecule has 33 heavy (non-hydrogen) atoms. The third kappa shape index (κ3) is 7.48. The van der Waals surface area contributed by atoms with Gasteiger partial charge in [0, 0.05) is 11.4 Å². The van der Waals surface area contributed by atoms with E-state index < -0.39 is 28.0 Å². The third-order valence-corrected chi connectivity index (χ3v) is 6.39. The topological polar surface area (TPSA) is 125 Å². The first kappa shape index (κ1) is 24.6. The lowest BCUT2D eigenvalue weighted by molar-refractivity contribution is -0.150. The van der Waals surface area contributed by atoms with Crippen molar-refractivity contribution >= 4 is 50.1 Å². The van der Waals surface area contributed by atoms with E-state index in [0.717, 1.165) is 10.8 Å². The first-order valence-electron chi connectivity index (χ1n) is 10.0. The summed E-state index contributed by atoms with van der Waals surface area (Å²) in [6.07, 6.45) is -0.932. The van der Waals surface area contributed by atoms with Crippen molar-refractivity contribution in [1.82, 2.24) is 0 Å². The van der Waals surface area contributed by atoms with Crippen LogP contribution in [0.25, 0.3) is 10.8 Å². The number of hydrogen-bond acceptors (Lipinski definition) is 7. The maximum absolute atomic E-state index is 12.3. The highest BCUT2D eigenvalue weighted by atomic mass is 32.2. The van der Waals surface area contributed by atoms with E-state index in [-0.39, 0.29) is 10.6 Å². The molecular weight excluding hydrogens is 464 g/mol. The molecule has 0 aromatic heterocycles. The Morgan fingerprint density at radius 1 is 1.03 bits per heavy atom. The highest BCUT2D eigenvalue weighted by Gasteiger charge is 2.18. The summed E-state index contributed by atoms with van der Waals surface area (Å²) in [5.74, 6) is 0.156. The number of carbonyl (C=O) groups excluding carboxylic acids is 2. The Hall–Kier alpha value is -3.08. The fourth-order valence-electron chi connectivity index (χ4n) is 2.90. The molecule has 0 aliphatic carbocycles. The number of rotatable bonds is 10. The zero-order valence-corrected chi connectivity index (χ0v) is 19.5. The highest BCUT2D eigenvalue weighted by molar-refractivity contribution is 7.99. The van der Waals surface area contributed by atoms with E-state index in [1.807, 2.05) is 36.4 Å². The van der Waals surface area contributed by atoms with Crippen molar-refractivity contribution in [3.8, 4) is 5.75 Å². The quantitative estimate of drug-likeness (QED) is 0.332. The van der Waals surface area contributed by atoms with Crippen LogP contribution in [0.3, 0.4) is 0 Å². The average molecular weight is 489 g/mol. The molecule has 3 rings (SSSR count). The van der Waals surface area contributed by atoms with Crippen LogP contribution < -0.4 is 15.2 Å². The number of benzene rings is 3. The van der Waals surface area contributed by atoms with Gasteiger partial charge in [0.1, 0.15) is 5.75 Å². The van der Waals surface area contributed by atoms with E-state index in [1.165, 1.54) is 43.0 Å². The summed E-state index contributed by atoms with van der Waals surface area (Å²) in [4.78, 5) is 24.4. The molecule has 0 fully saturated rings. The van der Waals surface area contributed by atoms with Crippen molar-refractivity contribution in [2.45, 2.75) is 17.9 Å². The molecule has 0 saturated carbocycles. The molecule has 3 aromatic carbocycles.